The van der Waals surface area contributed by atoms with Crippen LogP contribution in [0.3, 0.4) is 0 Å². The molecule has 1 aromatic rings. The Balaban J connectivity index is 2.24. The van der Waals surface area contributed by atoms with Crippen molar-refractivity contribution in [1.29, 1.82) is 0 Å². The van der Waals surface area contributed by atoms with Crippen LogP contribution >= 0.6 is 8.60 Å². The van der Waals surface area contributed by atoms with Gasteiger partial charge in [0.15, 0.2) is 0 Å². The zero-order valence-corrected chi connectivity index (χ0v) is 11.1. The van der Waals surface area contributed by atoms with Gasteiger partial charge in [-0.2, -0.15) is 0 Å². The van der Waals surface area contributed by atoms with Gasteiger partial charge in [0.25, 0.3) is 0 Å². The Morgan fingerprint density at radius 1 is 1.18 bits per heavy atom. The van der Waals surface area contributed by atoms with Crippen LogP contribution in [0.2, 0.25) is 0 Å². The molecule has 0 aliphatic rings. The lowest BCUT2D eigenvalue weighted by Gasteiger charge is -2.22. The molecule has 0 heterocycles. The third-order valence-corrected chi connectivity index (χ3v) is 2.88. The van der Waals surface area contributed by atoms with Gasteiger partial charge >= 0.3 is 8.60 Å². The van der Waals surface area contributed by atoms with Crippen molar-refractivity contribution >= 4 is 8.60 Å². The quantitative estimate of drug-likeness (QED) is 0.737. The van der Waals surface area contributed by atoms with Gasteiger partial charge in [-0.15, -0.1) is 0 Å². The molecule has 0 aliphatic heterocycles. The van der Waals surface area contributed by atoms with E-state index in [9.17, 15) is 4.89 Å². The number of hydrogen-bond acceptors (Lipinski definition) is 4. The summed E-state index contributed by atoms with van der Waals surface area (Å²) < 4.78 is 10.3. The van der Waals surface area contributed by atoms with E-state index in [-0.39, 0.29) is 18.6 Å². The Morgan fingerprint density at radius 3 is 2.41 bits per heavy atom. The number of rotatable bonds is 7. The highest BCUT2D eigenvalue weighted by molar-refractivity contribution is 7.40. The van der Waals surface area contributed by atoms with E-state index in [4.69, 9.17) is 14.2 Å². The monoisotopic (exact) mass is 258 g/mol. The van der Waals surface area contributed by atoms with Crippen LogP contribution in [0.25, 0.3) is 0 Å². The van der Waals surface area contributed by atoms with E-state index in [1.807, 2.05) is 44.2 Å². The zero-order chi connectivity index (χ0) is 12.7. The molecule has 5 heteroatoms. The second-order valence-electron chi connectivity index (χ2n) is 4.59. The third kappa shape index (κ3) is 6.10. The van der Waals surface area contributed by atoms with Gasteiger partial charge in [0, 0.05) is 5.41 Å². The van der Waals surface area contributed by atoms with E-state index in [2.05, 4.69) is 0 Å². The molecule has 0 saturated carbocycles. The Labute approximate surface area is 103 Å². The van der Waals surface area contributed by atoms with Crippen LogP contribution in [0.5, 0.6) is 0 Å². The lowest BCUT2D eigenvalue weighted by molar-refractivity contribution is 0.0816. The highest BCUT2D eigenvalue weighted by Crippen LogP contribution is 2.36. The molecule has 2 N–H and O–H groups in total. The molecule has 4 nitrogen and oxygen atoms in total. The van der Waals surface area contributed by atoms with Crippen LogP contribution in [-0.2, 0) is 15.7 Å². The molecule has 1 atom stereocenters. The maximum atomic E-state index is 9.51. The average molecular weight is 258 g/mol. The van der Waals surface area contributed by atoms with E-state index in [0.717, 1.165) is 5.56 Å². The van der Waals surface area contributed by atoms with Crippen molar-refractivity contribution in [2.24, 2.45) is 5.41 Å². The predicted octanol–water partition coefficient (Wildman–Crippen LogP) is 2.46. The zero-order valence-electron chi connectivity index (χ0n) is 10.2. The number of aliphatic hydroxyl groups excluding tert-OH is 1. The predicted molar refractivity (Wildman–Crippen MR) is 67.2 cm³/mol. The van der Waals surface area contributed by atoms with Crippen molar-refractivity contribution < 1.29 is 19.0 Å². The molecule has 0 amide bonds. The van der Waals surface area contributed by atoms with Crippen molar-refractivity contribution in [3.63, 3.8) is 0 Å². The van der Waals surface area contributed by atoms with E-state index >= 15 is 0 Å². The summed E-state index contributed by atoms with van der Waals surface area (Å²) in [6, 6.07) is 9.58. The molecule has 0 saturated heterocycles. The Morgan fingerprint density at radius 2 is 1.82 bits per heavy atom. The second kappa shape index (κ2) is 7.04. The lowest BCUT2D eigenvalue weighted by Crippen LogP contribution is -2.22. The molecule has 1 unspecified atom stereocenters. The van der Waals surface area contributed by atoms with Crippen molar-refractivity contribution in [2.45, 2.75) is 20.5 Å². The standard InChI is InChI=1S/C12H19O4P/c1-12(2,9-13)10-16-17(14)15-8-11-6-4-3-5-7-11/h3-7,13-14H,8-10H2,1-2H3. The summed E-state index contributed by atoms with van der Waals surface area (Å²) in [5, 5.41) is 9.02. The number of aliphatic hydroxyl groups is 1. The molecule has 17 heavy (non-hydrogen) atoms. The van der Waals surface area contributed by atoms with Crippen LogP contribution in [0, 0.1) is 5.41 Å². The molecule has 1 aromatic carbocycles. The van der Waals surface area contributed by atoms with Gasteiger partial charge in [-0.1, -0.05) is 44.2 Å². The summed E-state index contributed by atoms with van der Waals surface area (Å²) in [6.07, 6.45) is 0. The van der Waals surface area contributed by atoms with Gasteiger partial charge in [-0.05, 0) is 5.56 Å². The van der Waals surface area contributed by atoms with Gasteiger partial charge in [0.1, 0.15) is 0 Å². The fourth-order valence-corrected chi connectivity index (χ4v) is 1.81. The largest absolute Gasteiger partial charge is 0.396 e. The Hall–Kier alpha value is -0.510. The lowest BCUT2D eigenvalue weighted by atomic mass is 9.97. The van der Waals surface area contributed by atoms with E-state index in [0.29, 0.717) is 6.61 Å². The molecular formula is C12H19O4P. The molecular weight excluding hydrogens is 239 g/mol. The Kier molecular flexibility index (Phi) is 6.03. The molecule has 1 rings (SSSR count). The molecule has 96 valence electrons. The first-order valence-electron chi connectivity index (χ1n) is 5.43. The smallest absolute Gasteiger partial charge is 0.330 e. The van der Waals surface area contributed by atoms with Crippen LogP contribution in [-0.4, -0.2) is 23.2 Å². The Bertz CT molecular complexity index is 316. The highest BCUT2D eigenvalue weighted by atomic mass is 31.2. The van der Waals surface area contributed by atoms with Crippen LogP contribution in [0.15, 0.2) is 30.3 Å². The average Bonchev–Trinajstić information content (AvgIpc) is 2.35. The molecule has 0 aliphatic carbocycles. The summed E-state index contributed by atoms with van der Waals surface area (Å²) in [5.74, 6) is 0. The first-order chi connectivity index (χ1) is 8.03. The summed E-state index contributed by atoms with van der Waals surface area (Å²) in [6.45, 7) is 4.30. The fourth-order valence-electron chi connectivity index (χ4n) is 1.02. The van der Waals surface area contributed by atoms with Crippen molar-refractivity contribution in [3.05, 3.63) is 35.9 Å². The topological polar surface area (TPSA) is 58.9 Å². The highest BCUT2D eigenvalue weighted by Gasteiger charge is 2.19. The molecule has 0 spiro atoms. The van der Waals surface area contributed by atoms with Crippen molar-refractivity contribution in [1.82, 2.24) is 0 Å². The van der Waals surface area contributed by atoms with Gasteiger partial charge in [-0.3, -0.25) is 0 Å². The van der Waals surface area contributed by atoms with Gasteiger partial charge in [0.2, 0.25) is 0 Å². The van der Waals surface area contributed by atoms with Gasteiger partial charge in [0.05, 0.1) is 19.8 Å². The summed E-state index contributed by atoms with van der Waals surface area (Å²) >= 11 is 0. The van der Waals surface area contributed by atoms with Crippen LogP contribution in [0.4, 0.5) is 0 Å². The number of hydrogen-bond donors (Lipinski definition) is 2. The summed E-state index contributed by atoms with van der Waals surface area (Å²) in [7, 11) is -1.89. The molecule has 0 radical (unpaired) electrons. The van der Waals surface area contributed by atoms with Crippen LogP contribution < -0.4 is 0 Å². The number of benzene rings is 1. The first-order valence-corrected chi connectivity index (χ1v) is 6.56. The first kappa shape index (κ1) is 14.6. The second-order valence-corrected chi connectivity index (χ2v) is 5.58. The van der Waals surface area contributed by atoms with E-state index < -0.39 is 8.60 Å². The minimum Gasteiger partial charge on any atom is -0.396 e. The molecule has 0 fully saturated rings. The van der Waals surface area contributed by atoms with Crippen molar-refractivity contribution in [2.75, 3.05) is 13.2 Å². The van der Waals surface area contributed by atoms with Gasteiger partial charge < -0.3 is 19.0 Å². The van der Waals surface area contributed by atoms with Crippen LogP contribution in [0.1, 0.15) is 19.4 Å². The summed E-state index contributed by atoms with van der Waals surface area (Å²) in [4.78, 5) is 9.51. The SMILES string of the molecule is CC(C)(CO)COP(O)OCc1ccccc1. The van der Waals surface area contributed by atoms with E-state index in [1.54, 1.807) is 0 Å². The minimum atomic E-state index is -1.89. The van der Waals surface area contributed by atoms with Gasteiger partial charge in [-0.25, -0.2) is 0 Å². The summed E-state index contributed by atoms with van der Waals surface area (Å²) in [5.41, 5.74) is 0.624. The normalized spacial score (nSPS) is 13.6. The van der Waals surface area contributed by atoms with E-state index in [1.165, 1.54) is 0 Å². The maximum absolute atomic E-state index is 9.51. The molecule has 0 bridgehead atoms. The fraction of sp³-hybridized carbons (Fsp3) is 0.500. The minimum absolute atomic E-state index is 0.00879. The third-order valence-electron chi connectivity index (χ3n) is 2.18. The van der Waals surface area contributed by atoms with Crippen molar-refractivity contribution in [3.8, 4) is 0 Å². The molecule has 0 aromatic heterocycles. The maximum Gasteiger partial charge on any atom is 0.330 e.